The first-order valence-electron chi connectivity index (χ1n) is 11.8. The van der Waals surface area contributed by atoms with Crippen LogP contribution in [0.15, 0.2) is 66.2 Å². The second kappa shape index (κ2) is 13.0. The number of amides is 2. The fraction of sp³-hybridized carbons (Fsp3) is 0.407. The summed E-state index contributed by atoms with van der Waals surface area (Å²) in [7, 11) is 0. The maximum absolute atomic E-state index is 13.4. The Morgan fingerprint density at radius 2 is 1.83 bits per heavy atom. The zero-order valence-electron chi connectivity index (χ0n) is 20.1. The van der Waals surface area contributed by atoms with E-state index in [1.807, 2.05) is 68.4 Å². The smallest absolute Gasteiger partial charge is 0.247 e. The second-order valence-electron chi connectivity index (χ2n) is 9.05. The van der Waals surface area contributed by atoms with Gasteiger partial charge < -0.3 is 25.2 Å². The number of ether oxygens (including phenoxy) is 1. The molecule has 2 aromatic rings. The molecule has 1 aliphatic rings. The van der Waals surface area contributed by atoms with Crippen LogP contribution in [0.1, 0.15) is 32.3 Å². The van der Waals surface area contributed by atoms with E-state index in [1.165, 1.54) is 0 Å². The Morgan fingerprint density at radius 1 is 1.14 bits per heavy atom. The third-order valence-electron chi connectivity index (χ3n) is 5.81. The highest BCUT2D eigenvalue weighted by atomic mass is 127. The fourth-order valence-electron chi connectivity index (χ4n) is 4.10. The summed E-state index contributed by atoms with van der Waals surface area (Å²) in [6, 6.07) is 16.4. The highest BCUT2D eigenvalue weighted by molar-refractivity contribution is 14.1. The molecule has 3 atom stereocenters. The normalized spacial score (nSPS) is 19.7. The number of hydrogen-bond donors (Lipinski definition) is 3. The largest absolute Gasteiger partial charge is 0.482 e. The Hall–Kier alpha value is -2.43. The predicted molar refractivity (Wildman–Crippen MR) is 143 cm³/mol. The van der Waals surface area contributed by atoms with Gasteiger partial charge in [-0.2, -0.15) is 0 Å². The zero-order valence-corrected chi connectivity index (χ0v) is 22.2. The number of rotatable bonds is 10. The van der Waals surface area contributed by atoms with Gasteiger partial charge in [0.25, 0.3) is 0 Å². The zero-order chi connectivity index (χ0) is 25.4. The molecule has 7 nitrogen and oxygen atoms in total. The average Bonchev–Trinajstić information content (AvgIpc) is 2.84. The number of para-hydroxylation sites is 1. The molecule has 35 heavy (non-hydrogen) atoms. The summed E-state index contributed by atoms with van der Waals surface area (Å²) in [6.45, 7) is 4.21. The van der Waals surface area contributed by atoms with E-state index < -0.39 is 18.2 Å². The third kappa shape index (κ3) is 7.52. The van der Waals surface area contributed by atoms with Crippen LogP contribution in [0, 0.1) is 9.49 Å². The monoisotopic (exact) mass is 592 g/mol. The molecular weight excluding hydrogens is 559 g/mol. The summed E-state index contributed by atoms with van der Waals surface area (Å²) in [5.41, 5.74) is 1.35. The third-order valence-corrected chi connectivity index (χ3v) is 6.70. The molecule has 0 radical (unpaired) electrons. The molecule has 0 fully saturated rings. The lowest BCUT2D eigenvalue weighted by Crippen LogP contribution is -2.55. The Bertz CT molecular complexity index is 1030. The van der Waals surface area contributed by atoms with E-state index in [4.69, 9.17) is 9.84 Å². The van der Waals surface area contributed by atoms with Crippen LogP contribution in [0.4, 0.5) is 0 Å². The molecule has 0 aromatic heterocycles. The topological polar surface area (TPSA) is 99.1 Å². The number of aliphatic hydroxyl groups excluding tert-OH is 2. The SMILES string of the molecule is CC(C)CC(=O)N(Cc1ccccc1)[C@@H]1CC(C(=O)NCCO)=C[C@H](Oc2ccccc2I)[C@H]1O. The van der Waals surface area contributed by atoms with Crippen molar-refractivity contribution >= 4 is 34.4 Å². The molecule has 0 aliphatic heterocycles. The number of nitrogens with one attached hydrogen (secondary N) is 1. The lowest BCUT2D eigenvalue weighted by atomic mass is 9.87. The second-order valence-corrected chi connectivity index (χ2v) is 10.2. The molecule has 0 bridgehead atoms. The summed E-state index contributed by atoms with van der Waals surface area (Å²) < 4.78 is 7.04. The Kier molecular flexibility index (Phi) is 10.1. The van der Waals surface area contributed by atoms with Gasteiger partial charge >= 0.3 is 0 Å². The number of carbonyl (C=O) groups excluding carboxylic acids is 2. The molecule has 2 amide bonds. The van der Waals surface area contributed by atoms with Gasteiger partial charge in [0.2, 0.25) is 11.8 Å². The lowest BCUT2D eigenvalue weighted by molar-refractivity contribution is -0.140. The van der Waals surface area contributed by atoms with Gasteiger partial charge in [-0.3, -0.25) is 9.59 Å². The van der Waals surface area contributed by atoms with Crippen molar-refractivity contribution in [1.29, 1.82) is 0 Å². The highest BCUT2D eigenvalue weighted by Gasteiger charge is 2.40. The molecule has 0 unspecified atom stereocenters. The summed E-state index contributed by atoms with van der Waals surface area (Å²) in [5, 5.41) is 23.3. The van der Waals surface area contributed by atoms with Gasteiger partial charge in [0.1, 0.15) is 18.0 Å². The number of aliphatic hydroxyl groups is 2. The maximum atomic E-state index is 13.4. The average molecular weight is 592 g/mol. The van der Waals surface area contributed by atoms with Crippen LogP contribution >= 0.6 is 22.6 Å². The van der Waals surface area contributed by atoms with Crippen LogP contribution in [-0.4, -0.2) is 58.3 Å². The van der Waals surface area contributed by atoms with Gasteiger partial charge in [0, 0.05) is 31.5 Å². The van der Waals surface area contributed by atoms with Crippen molar-refractivity contribution in [3.05, 3.63) is 75.4 Å². The molecule has 0 saturated carbocycles. The van der Waals surface area contributed by atoms with E-state index in [0.29, 0.717) is 24.3 Å². The predicted octanol–water partition coefficient (Wildman–Crippen LogP) is 3.28. The first kappa shape index (κ1) is 27.2. The molecular formula is C27H33IN2O5. The fourth-order valence-corrected chi connectivity index (χ4v) is 4.62. The first-order valence-corrected chi connectivity index (χ1v) is 12.9. The van der Waals surface area contributed by atoms with E-state index in [-0.39, 0.29) is 37.3 Å². The Labute approximate surface area is 220 Å². The van der Waals surface area contributed by atoms with E-state index in [0.717, 1.165) is 9.13 Å². The number of benzene rings is 2. The van der Waals surface area contributed by atoms with Crippen molar-refractivity contribution in [3.8, 4) is 5.75 Å². The lowest BCUT2D eigenvalue weighted by Gasteiger charge is -2.41. The maximum Gasteiger partial charge on any atom is 0.247 e. The molecule has 0 heterocycles. The van der Waals surface area contributed by atoms with Crippen LogP contribution in [0.25, 0.3) is 0 Å². The minimum absolute atomic E-state index is 0.0852. The molecule has 0 saturated heterocycles. The van der Waals surface area contributed by atoms with Crippen molar-refractivity contribution in [2.75, 3.05) is 13.2 Å². The van der Waals surface area contributed by atoms with Gasteiger partial charge in [-0.15, -0.1) is 0 Å². The highest BCUT2D eigenvalue weighted by Crippen LogP contribution is 2.31. The van der Waals surface area contributed by atoms with E-state index in [2.05, 4.69) is 27.9 Å². The standard InChI is InChI=1S/C27H33IN2O5/c1-18(2)14-25(32)30(17-19-8-4-3-5-9-19)22-15-20(27(34)29-12-13-31)16-24(26(22)33)35-23-11-7-6-10-21(23)28/h3-11,16,18,22,24,26,31,33H,12-15,17H2,1-2H3,(H,29,34)/t22-,24+,26+/m1/s1. The molecule has 0 spiro atoms. The van der Waals surface area contributed by atoms with E-state index in [1.54, 1.807) is 11.0 Å². The first-order chi connectivity index (χ1) is 16.8. The molecule has 2 aromatic carbocycles. The van der Waals surface area contributed by atoms with E-state index >= 15 is 0 Å². The number of carbonyl (C=O) groups is 2. The molecule has 8 heteroatoms. The summed E-state index contributed by atoms with van der Waals surface area (Å²) in [6.07, 6.45) is 0.268. The number of hydrogen-bond acceptors (Lipinski definition) is 5. The number of halogens is 1. The quantitative estimate of drug-likeness (QED) is 0.368. The molecule has 3 rings (SSSR count). The minimum Gasteiger partial charge on any atom is -0.482 e. The van der Waals surface area contributed by atoms with Gasteiger partial charge in [-0.05, 0) is 52.3 Å². The summed E-state index contributed by atoms with van der Waals surface area (Å²) >= 11 is 2.16. The van der Waals surface area contributed by atoms with Crippen LogP contribution < -0.4 is 10.1 Å². The molecule has 3 N–H and O–H groups in total. The van der Waals surface area contributed by atoms with Crippen LogP contribution in [0.3, 0.4) is 0 Å². The number of nitrogens with zero attached hydrogens (tertiary/aromatic N) is 1. The summed E-state index contributed by atoms with van der Waals surface area (Å²) in [5.74, 6) is 0.302. The van der Waals surface area contributed by atoms with Crippen LogP contribution in [0.5, 0.6) is 5.75 Å². The van der Waals surface area contributed by atoms with Crippen molar-refractivity contribution in [1.82, 2.24) is 10.2 Å². The Balaban J connectivity index is 1.97. The van der Waals surface area contributed by atoms with Crippen molar-refractivity contribution in [3.63, 3.8) is 0 Å². The summed E-state index contributed by atoms with van der Waals surface area (Å²) in [4.78, 5) is 27.9. The van der Waals surface area contributed by atoms with Crippen molar-refractivity contribution in [2.45, 2.75) is 51.5 Å². The van der Waals surface area contributed by atoms with Gasteiger partial charge in [0.05, 0.1) is 16.2 Å². The van der Waals surface area contributed by atoms with E-state index in [9.17, 15) is 14.7 Å². The molecule has 1 aliphatic carbocycles. The van der Waals surface area contributed by atoms with Crippen molar-refractivity contribution in [2.24, 2.45) is 5.92 Å². The van der Waals surface area contributed by atoms with Gasteiger partial charge in [0.15, 0.2) is 0 Å². The Morgan fingerprint density at radius 3 is 2.49 bits per heavy atom. The molecule has 188 valence electrons. The van der Waals surface area contributed by atoms with Gasteiger partial charge in [-0.1, -0.05) is 56.3 Å². The van der Waals surface area contributed by atoms with Crippen LogP contribution in [0.2, 0.25) is 0 Å². The van der Waals surface area contributed by atoms with Crippen molar-refractivity contribution < 1.29 is 24.5 Å². The minimum atomic E-state index is -1.04. The van der Waals surface area contributed by atoms with Crippen LogP contribution in [-0.2, 0) is 16.1 Å². The van der Waals surface area contributed by atoms with Gasteiger partial charge in [-0.25, -0.2) is 0 Å².